The minimum atomic E-state index is -1.13. The molecule has 4 heteroatoms. The van der Waals surface area contributed by atoms with Crippen molar-refractivity contribution in [3.63, 3.8) is 0 Å². The zero-order chi connectivity index (χ0) is 7.56. The molecule has 0 unspecified atom stereocenters. The van der Waals surface area contributed by atoms with E-state index in [9.17, 15) is 0 Å². The molecule has 0 atom stereocenters. The van der Waals surface area contributed by atoms with Crippen molar-refractivity contribution >= 4 is 7.12 Å². The predicted molar refractivity (Wildman–Crippen MR) is 40.4 cm³/mol. The van der Waals surface area contributed by atoms with E-state index in [1.165, 1.54) is 0 Å². The molecule has 0 radical (unpaired) electrons. The van der Waals surface area contributed by atoms with E-state index in [2.05, 4.69) is 0 Å². The van der Waals surface area contributed by atoms with Crippen LogP contribution < -0.4 is 5.73 Å². The van der Waals surface area contributed by atoms with Crippen LogP contribution in [0.3, 0.4) is 0 Å². The predicted octanol–water partition coefficient (Wildman–Crippen LogP) is -0.269. The lowest BCUT2D eigenvalue weighted by atomic mass is 9.64. The molecule has 58 valence electrons. The van der Waals surface area contributed by atoms with E-state index in [4.69, 9.17) is 15.8 Å². The van der Waals surface area contributed by atoms with Gasteiger partial charge in [0.05, 0.1) is 0 Å². The molecule has 0 amide bonds. The molecule has 1 rings (SSSR count). The summed E-state index contributed by atoms with van der Waals surface area (Å²) in [4.78, 5) is 0. The smallest absolute Gasteiger partial charge is 0.427 e. The van der Waals surface area contributed by atoms with Gasteiger partial charge in [-0.05, 0) is 18.7 Å². The van der Waals surface area contributed by atoms with E-state index in [1.807, 2.05) is 0 Å². The van der Waals surface area contributed by atoms with Gasteiger partial charge in [0.1, 0.15) is 0 Å². The Labute approximate surface area is 61.4 Å². The van der Waals surface area contributed by atoms with Gasteiger partial charge < -0.3 is 15.8 Å². The fourth-order valence-corrected chi connectivity index (χ4v) is 1.44. The van der Waals surface area contributed by atoms with Crippen molar-refractivity contribution in [2.45, 2.75) is 37.5 Å². The van der Waals surface area contributed by atoms with Gasteiger partial charge in [0, 0.05) is 6.04 Å². The Morgan fingerprint density at radius 3 is 2.00 bits per heavy atom. The second-order valence-corrected chi connectivity index (χ2v) is 3.09. The lowest BCUT2D eigenvalue weighted by Crippen LogP contribution is -2.30. The molecule has 0 aromatic carbocycles. The summed E-state index contributed by atoms with van der Waals surface area (Å²) in [7, 11) is -1.13. The molecular weight excluding hydrogens is 129 g/mol. The van der Waals surface area contributed by atoms with Crippen molar-refractivity contribution in [2.24, 2.45) is 5.73 Å². The maximum atomic E-state index is 8.78. The summed E-state index contributed by atoms with van der Waals surface area (Å²) < 4.78 is 0. The molecular formula is C6H14BNO2. The highest BCUT2D eigenvalue weighted by Gasteiger charge is 2.27. The molecule has 4 N–H and O–H groups in total. The second kappa shape index (κ2) is 3.37. The molecule has 3 nitrogen and oxygen atoms in total. The highest BCUT2D eigenvalue weighted by atomic mass is 16.4. The SMILES string of the molecule is NC1CCC(B(O)O)CC1. The number of nitrogens with two attached hydrogens (primary N) is 1. The van der Waals surface area contributed by atoms with E-state index in [-0.39, 0.29) is 11.9 Å². The Bertz CT molecular complexity index is 102. The lowest BCUT2D eigenvalue weighted by molar-refractivity contribution is 0.338. The highest BCUT2D eigenvalue weighted by molar-refractivity contribution is 6.43. The first-order valence-corrected chi connectivity index (χ1v) is 3.82. The Balaban J connectivity index is 2.26. The Morgan fingerprint density at radius 1 is 1.10 bits per heavy atom. The maximum absolute atomic E-state index is 8.78. The van der Waals surface area contributed by atoms with E-state index >= 15 is 0 Å². The first-order valence-electron chi connectivity index (χ1n) is 3.82. The fraction of sp³-hybridized carbons (Fsp3) is 1.00. The molecule has 0 aromatic rings. The van der Waals surface area contributed by atoms with Gasteiger partial charge in [-0.2, -0.15) is 0 Å². The minimum Gasteiger partial charge on any atom is -0.427 e. The lowest BCUT2D eigenvalue weighted by Gasteiger charge is -2.24. The molecule has 0 aliphatic heterocycles. The monoisotopic (exact) mass is 143 g/mol. The summed E-state index contributed by atoms with van der Waals surface area (Å²) in [6.45, 7) is 0. The van der Waals surface area contributed by atoms with Gasteiger partial charge in [0.2, 0.25) is 0 Å². The van der Waals surface area contributed by atoms with Crippen molar-refractivity contribution < 1.29 is 10.0 Å². The van der Waals surface area contributed by atoms with Crippen LogP contribution in [0.15, 0.2) is 0 Å². The van der Waals surface area contributed by atoms with Crippen LogP contribution in [0.25, 0.3) is 0 Å². The summed E-state index contributed by atoms with van der Waals surface area (Å²) in [6.07, 6.45) is 3.59. The van der Waals surface area contributed by atoms with Gasteiger partial charge >= 0.3 is 7.12 Å². The van der Waals surface area contributed by atoms with Crippen LogP contribution in [0.2, 0.25) is 5.82 Å². The maximum Gasteiger partial charge on any atom is 0.454 e. The third kappa shape index (κ3) is 1.97. The van der Waals surface area contributed by atoms with Crippen LogP contribution in [-0.2, 0) is 0 Å². The zero-order valence-electron chi connectivity index (χ0n) is 6.03. The van der Waals surface area contributed by atoms with Crippen LogP contribution in [0.4, 0.5) is 0 Å². The number of hydrogen-bond donors (Lipinski definition) is 3. The first kappa shape index (κ1) is 8.05. The van der Waals surface area contributed by atoms with Crippen molar-refractivity contribution in [1.82, 2.24) is 0 Å². The largest absolute Gasteiger partial charge is 0.454 e. The Hall–Kier alpha value is -0.0551. The van der Waals surface area contributed by atoms with Crippen molar-refractivity contribution in [3.8, 4) is 0 Å². The van der Waals surface area contributed by atoms with Crippen LogP contribution in [0.5, 0.6) is 0 Å². The molecule has 10 heavy (non-hydrogen) atoms. The minimum absolute atomic E-state index is 0.0693. The second-order valence-electron chi connectivity index (χ2n) is 3.09. The molecule has 0 saturated heterocycles. The molecule has 1 aliphatic rings. The fourth-order valence-electron chi connectivity index (χ4n) is 1.44. The van der Waals surface area contributed by atoms with Crippen LogP contribution >= 0.6 is 0 Å². The normalized spacial score (nSPS) is 33.9. The highest BCUT2D eigenvalue weighted by Crippen LogP contribution is 2.28. The van der Waals surface area contributed by atoms with Crippen LogP contribution in [0.1, 0.15) is 25.7 Å². The zero-order valence-corrected chi connectivity index (χ0v) is 6.03. The summed E-state index contributed by atoms with van der Waals surface area (Å²) in [5, 5.41) is 17.6. The molecule has 1 fully saturated rings. The van der Waals surface area contributed by atoms with Crippen molar-refractivity contribution in [1.29, 1.82) is 0 Å². The van der Waals surface area contributed by atoms with Gasteiger partial charge in [-0.3, -0.25) is 0 Å². The van der Waals surface area contributed by atoms with E-state index in [1.54, 1.807) is 0 Å². The topological polar surface area (TPSA) is 66.5 Å². The average molecular weight is 143 g/mol. The third-order valence-electron chi connectivity index (χ3n) is 2.24. The summed E-state index contributed by atoms with van der Waals surface area (Å²) in [5.41, 5.74) is 5.63. The molecule has 0 aromatic heterocycles. The molecule has 0 spiro atoms. The van der Waals surface area contributed by atoms with Crippen molar-refractivity contribution in [3.05, 3.63) is 0 Å². The summed E-state index contributed by atoms with van der Waals surface area (Å²) in [5.74, 6) is 0.0693. The van der Waals surface area contributed by atoms with Gasteiger partial charge in [-0.1, -0.05) is 12.8 Å². The van der Waals surface area contributed by atoms with E-state index in [0.29, 0.717) is 0 Å². The summed E-state index contributed by atoms with van der Waals surface area (Å²) in [6, 6.07) is 0.287. The number of rotatable bonds is 1. The Morgan fingerprint density at radius 2 is 1.60 bits per heavy atom. The average Bonchev–Trinajstić information content (AvgIpc) is 1.88. The van der Waals surface area contributed by atoms with Crippen LogP contribution in [-0.4, -0.2) is 23.2 Å². The molecule has 1 saturated carbocycles. The molecule has 0 bridgehead atoms. The van der Waals surface area contributed by atoms with Gasteiger partial charge in [-0.15, -0.1) is 0 Å². The third-order valence-corrected chi connectivity index (χ3v) is 2.24. The first-order chi connectivity index (χ1) is 4.70. The summed E-state index contributed by atoms with van der Waals surface area (Å²) >= 11 is 0. The van der Waals surface area contributed by atoms with Gasteiger partial charge in [-0.25, -0.2) is 0 Å². The molecule has 0 heterocycles. The quantitative estimate of drug-likeness (QED) is 0.442. The van der Waals surface area contributed by atoms with Gasteiger partial charge in [0.15, 0.2) is 0 Å². The standard InChI is InChI=1S/C6H14BNO2/c8-6-3-1-5(2-4-6)7(9)10/h5-6,9-10H,1-4,8H2. The van der Waals surface area contributed by atoms with E-state index in [0.717, 1.165) is 25.7 Å². The molecule has 1 aliphatic carbocycles. The van der Waals surface area contributed by atoms with E-state index < -0.39 is 7.12 Å². The van der Waals surface area contributed by atoms with Crippen LogP contribution in [0, 0.1) is 0 Å². The van der Waals surface area contributed by atoms with Crippen molar-refractivity contribution in [2.75, 3.05) is 0 Å². The Kier molecular flexibility index (Phi) is 2.71. The number of hydrogen-bond acceptors (Lipinski definition) is 3. The van der Waals surface area contributed by atoms with Gasteiger partial charge in [0.25, 0.3) is 0 Å².